The maximum Gasteiger partial charge on any atom is 0.254 e. The van der Waals surface area contributed by atoms with Crippen LogP contribution in [-0.4, -0.2) is 32.7 Å². The highest BCUT2D eigenvalue weighted by Crippen LogP contribution is 2.35. The SMILES string of the molecule is COc1ccc(CN2Cc3cc(-c4nnc(C(C)(C)Oc5c(F)cc(Cl)cc5F)n4C)c(F)cc3C2=O)cc1. The number of nitrogens with zero attached hydrogens (tertiary/aromatic N) is 4. The Morgan fingerprint density at radius 2 is 1.64 bits per heavy atom. The zero-order valence-corrected chi connectivity index (χ0v) is 22.3. The van der Waals surface area contributed by atoms with Gasteiger partial charge in [0.25, 0.3) is 5.91 Å². The molecular formula is C28H24ClF3N4O3. The minimum atomic E-state index is -1.35. The summed E-state index contributed by atoms with van der Waals surface area (Å²) in [5.74, 6) is -2.40. The van der Waals surface area contributed by atoms with Crippen LogP contribution < -0.4 is 9.47 Å². The van der Waals surface area contributed by atoms with Gasteiger partial charge in [0, 0.05) is 30.7 Å². The summed E-state index contributed by atoms with van der Waals surface area (Å²) in [4.78, 5) is 14.6. The monoisotopic (exact) mass is 556 g/mol. The number of carbonyl (C=O) groups excluding carboxylic acids is 1. The first-order valence-electron chi connectivity index (χ1n) is 12.0. The van der Waals surface area contributed by atoms with Gasteiger partial charge in [-0.3, -0.25) is 4.79 Å². The molecule has 0 bridgehead atoms. The highest BCUT2D eigenvalue weighted by Gasteiger charge is 2.34. The van der Waals surface area contributed by atoms with Crippen LogP contribution in [-0.2, 0) is 25.7 Å². The molecule has 11 heteroatoms. The lowest BCUT2D eigenvalue weighted by molar-refractivity contribution is 0.0766. The molecule has 4 aromatic rings. The highest BCUT2D eigenvalue weighted by atomic mass is 35.5. The van der Waals surface area contributed by atoms with Crippen LogP contribution in [0.3, 0.4) is 0 Å². The lowest BCUT2D eigenvalue weighted by Crippen LogP contribution is -2.30. The number of benzene rings is 3. The molecule has 1 aliphatic rings. The van der Waals surface area contributed by atoms with E-state index in [1.54, 1.807) is 39.0 Å². The lowest BCUT2D eigenvalue weighted by atomic mass is 10.0. The smallest absolute Gasteiger partial charge is 0.254 e. The van der Waals surface area contributed by atoms with E-state index in [0.717, 1.165) is 17.7 Å². The number of methoxy groups -OCH3 is 1. The van der Waals surface area contributed by atoms with Crippen molar-refractivity contribution in [2.75, 3.05) is 7.11 Å². The van der Waals surface area contributed by atoms with Crippen LogP contribution >= 0.6 is 11.6 Å². The van der Waals surface area contributed by atoms with Gasteiger partial charge in [-0.2, -0.15) is 0 Å². The highest BCUT2D eigenvalue weighted by molar-refractivity contribution is 6.30. The maximum atomic E-state index is 15.3. The number of amides is 1. The second kappa shape index (κ2) is 9.92. The van der Waals surface area contributed by atoms with Crippen LogP contribution in [0.15, 0.2) is 48.5 Å². The Balaban J connectivity index is 1.42. The van der Waals surface area contributed by atoms with Crippen molar-refractivity contribution < 1.29 is 27.4 Å². The van der Waals surface area contributed by atoms with Crippen LogP contribution in [0.25, 0.3) is 11.4 Å². The van der Waals surface area contributed by atoms with E-state index < -0.39 is 28.8 Å². The third kappa shape index (κ3) is 4.92. The fraction of sp³-hybridized carbons (Fsp3) is 0.250. The summed E-state index contributed by atoms with van der Waals surface area (Å²) in [6, 6.07) is 12.0. The summed E-state index contributed by atoms with van der Waals surface area (Å²) in [6.45, 7) is 3.76. The first-order chi connectivity index (χ1) is 18.5. The number of hydrogen-bond donors (Lipinski definition) is 0. The Kier molecular flexibility index (Phi) is 6.76. The second-order valence-corrected chi connectivity index (χ2v) is 10.2. The molecule has 0 aliphatic carbocycles. The average Bonchev–Trinajstić information content (AvgIpc) is 3.41. The molecule has 7 nitrogen and oxygen atoms in total. The fourth-order valence-electron chi connectivity index (χ4n) is 4.66. The molecule has 0 spiro atoms. The molecule has 5 rings (SSSR count). The summed E-state index contributed by atoms with van der Waals surface area (Å²) in [5, 5.41) is 8.16. The standard InChI is InChI=1S/C28H24ClF3N4O3/c1-28(2,39-24-22(31)10-17(29)11-23(24)32)27-34-33-25(35(27)3)20-9-16-14-36(26(37)19(16)12-21(20)30)13-15-5-7-18(38-4)8-6-15/h5-12H,13-14H2,1-4H3. The molecule has 0 saturated carbocycles. The Morgan fingerprint density at radius 3 is 2.28 bits per heavy atom. The number of carbonyl (C=O) groups is 1. The van der Waals surface area contributed by atoms with Gasteiger partial charge in [-0.25, -0.2) is 13.2 Å². The van der Waals surface area contributed by atoms with Crippen molar-refractivity contribution in [3.05, 3.63) is 93.5 Å². The Labute approximate surface area is 227 Å². The third-order valence-corrected chi connectivity index (χ3v) is 6.80. The van der Waals surface area contributed by atoms with Gasteiger partial charge in [0.15, 0.2) is 34.6 Å². The summed E-state index contributed by atoms with van der Waals surface area (Å²) >= 11 is 5.71. The Bertz CT molecular complexity index is 1560. The summed E-state index contributed by atoms with van der Waals surface area (Å²) < 4.78 is 56.4. The molecule has 1 aromatic heterocycles. The van der Waals surface area contributed by atoms with Crippen molar-refractivity contribution in [1.29, 1.82) is 0 Å². The van der Waals surface area contributed by atoms with E-state index in [9.17, 15) is 13.6 Å². The second-order valence-electron chi connectivity index (χ2n) is 9.72. The van der Waals surface area contributed by atoms with Crippen LogP contribution in [0.2, 0.25) is 5.02 Å². The molecule has 3 aromatic carbocycles. The quantitative estimate of drug-likeness (QED) is 0.278. The number of fused-ring (bicyclic) bond motifs is 1. The Hall–Kier alpha value is -4.05. The number of halogens is 4. The molecule has 39 heavy (non-hydrogen) atoms. The van der Waals surface area contributed by atoms with Gasteiger partial charge in [0.05, 0.1) is 12.7 Å². The predicted molar refractivity (Wildman–Crippen MR) is 138 cm³/mol. The average molecular weight is 557 g/mol. The van der Waals surface area contributed by atoms with Crippen molar-refractivity contribution in [2.45, 2.75) is 32.5 Å². The molecule has 0 radical (unpaired) electrons. The minimum absolute atomic E-state index is 0.107. The van der Waals surface area contributed by atoms with E-state index in [0.29, 0.717) is 24.4 Å². The Morgan fingerprint density at radius 1 is 0.974 bits per heavy atom. The fourth-order valence-corrected chi connectivity index (χ4v) is 4.85. The molecule has 0 unspecified atom stereocenters. The summed E-state index contributed by atoms with van der Waals surface area (Å²) in [5.41, 5.74) is 0.619. The lowest BCUT2D eigenvalue weighted by Gasteiger charge is -2.26. The molecule has 1 amide bonds. The molecule has 202 valence electrons. The number of aromatic nitrogens is 3. The van der Waals surface area contributed by atoms with Crippen molar-refractivity contribution in [3.63, 3.8) is 0 Å². The number of ether oxygens (including phenoxy) is 2. The molecule has 2 heterocycles. The first kappa shape index (κ1) is 26.6. The van der Waals surface area contributed by atoms with Gasteiger partial charge in [-0.1, -0.05) is 23.7 Å². The van der Waals surface area contributed by atoms with Crippen LogP contribution in [0.5, 0.6) is 11.5 Å². The molecule has 0 N–H and O–H groups in total. The minimum Gasteiger partial charge on any atom is -0.497 e. The molecule has 1 aliphatic heterocycles. The molecule has 0 atom stereocenters. The van der Waals surface area contributed by atoms with Gasteiger partial charge in [0.1, 0.15) is 11.6 Å². The summed E-state index contributed by atoms with van der Waals surface area (Å²) in [6.07, 6.45) is 0. The zero-order valence-electron chi connectivity index (χ0n) is 21.6. The summed E-state index contributed by atoms with van der Waals surface area (Å²) in [7, 11) is 3.17. The zero-order chi connectivity index (χ0) is 28.1. The van der Waals surface area contributed by atoms with Crippen LogP contribution in [0, 0.1) is 17.5 Å². The van der Waals surface area contributed by atoms with Crippen molar-refractivity contribution in [2.24, 2.45) is 7.05 Å². The van der Waals surface area contributed by atoms with Crippen molar-refractivity contribution in [1.82, 2.24) is 19.7 Å². The van der Waals surface area contributed by atoms with E-state index in [1.807, 2.05) is 24.3 Å². The first-order valence-corrected chi connectivity index (χ1v) is 12.3. The van der Waals surface area contributed by atoms with E-state index in [2.05, 4.69) is 10.2 Å². The van der Waals surface area contributed by atoms with Crippen LogP contribution in [0.4, 0.5) is 13.2 Å². The normalized spacial score (nSPS) is 13.1. The third-order valence-electron chi connectivity index (χ3n) is 6.58. The van der Waals surface area contributed by atoms with E-state index >= 15 is 4.39 Å². The van der Waals surface area contributed by atoms with Crippen LogP contribution in [0.1, 0.15) is 41.2 Å². The van der Waals surface area contributed by atoms with Gasteiger partial charge < -0.3 is 18.9 Å². The van der Waals surface area contributed by atoms with Gasteiger partial charge in [0.2, 0.25) is 0 Å². The number of rotatable bonds is 7. The van der Waals surface area contributed by atoms with E-state index in [1.165, 1.54) is 10.6 Å². The van der Waals surface area contributed by atoms with Gasteiger partial charge in [-0.05, 0) is 61.4 Å². The topological polar surface area (TPSA) is 69.5 Å². The van der Waals surface area contributed by atoms with Crippen molar-refractivity contribution in [3.8, 4) is 22.9 Å². The van der Waals surface area contributed by atoms with Gasteiger partial charge in [-0.15, -0.1) is 10.2 Å². The molecule has 0 saturated heterocycles. The molecular weight excluding hydrogens is 533 g/mol. The van der Waals surface area contributed by atoms with E-state index in [4.69, 9.17) is 21.1 Å². The predicted octanol–water partition coefficient (Wildman–Crippen LogP) is 6.03. The molecule has 0 fully saturated rings. The largest absolute Gasteiger partial charge is 0.497 e. The van der Waals surface area contributed by atoms with E-state index in [-0.39, 0.29) is 33.7 Å². The number of hydrogen-bond acceptors (Lipinski definition) is 5. The van der Waals surface area contributed by atoms with Crippen molar-refractivity contribution >= 4 is 17.5 Å². The van der Waals surface area contributed by atoms with Gasteiger partial charge >= 0.3 is 0 Å². The maximum absolute atomic E-state index is 15.3.